The van der Waals surface area contributed by atoms with Crippen LogP contribution in [0.5, 0.6) is 0 Å². The highest BCUT2D eigenvalue weighted by Gasteiger charge is 2.13. The zero-order chi connectivity index (χ0) is 15.5. The summed E-state index contributed by atoms with van der Waals surface area (Å²) < 4.78 is 15.2. The molecule has 0 aliphatic carbocycles. The van der Waals surface area contributed by atoms with Crippen LogP contribution in [0.4, 0.5) is 4.39 Å². The van der Waals surface area contributed by atoms with Crippen LogP contribution in [0.3, 0.4) is 0 Å². The first kappa shape index (κ1) is 16.5. The Labute approximate surface area is 138 Å². The summed E-state index contributed by atoms with van der Waals surface area (Å²) in [5.74, 6) is -0.170. The second-order valence-corrected chi connectivity index (χ2v) is 7.89. The maximum absolute atomic E-state index is 14.2. The summed E-state index contributed by atoms with van der Waals surface area (Å²) in [4.78, 5) is 1.72. The van der Waals surface area contributed by atoms with E-state index in [0.717, 1.165) is 14.9 Å². The monoisotopic (exact) mass is 367 g/mol. The van der Waals surface area contributed by atoms with Crippen LogP contribution < -0.4 is 5.32 Å². The first-order valence-electron chi connectivity index (χ1n) is 6.81. The van der Waals surface area contributed by atoms with E-state index in [1.165, 1.54) is 17.8 Å². The van der Waals surface area contributed by atoms with Gasteiger partial charge in [0.15, 0.2) is 0 Å². The van der Waals surface area contributed by atoms with Gasteiger partial charge in [0.25, 0.3) is 0 Å². The van der Waals surface area contributed by atoms with E-state index < -0.39 is 0 Å². The average Bonchev–Trinajstić information content (AvgIpc) is 2.41. The van der Waals surface area contributed by atoms with Crippen molar-refractivity contribution in [2.24, 2.45) is 0 Å². The van der Waals surface area contributed by atoms with E-state index in [4.69, 9.17) is 0 Å². The van der Waals surface area contributed by atoms with Crippen molar-refractivity contribution in [3.8, 4) is 0 Å². The summed E-state index contributed by atoms with van der Waals surface area (Å²) >= 11 is 4.88. The number of hydrogen-bond acceptors (Lipinski definition) is 2. The highest BCUT2D eigenvalue weighted by molar-refractivity contribution is 9.10. The van der Waals surface area contributed by atoms with Crippen LogP contribution in [-0.4, -0.2) is 5.54 Å². The zero-order valence-electron chi connectivity index (χ0n) is 12.4. The van der Waals surface area contributed by atoms with Crippen LogP contribution in [0.25, 0.3) is 0 Å². The minimum absolute atomic E-state index is 0.00582. The summed E-state index contributed by atoms with van der Waals surface area (Å²) in [6.07, 6.45) is 0. The third-order valence-corrected chi connectivity index (χ3v) is 4.59. The Morgan fingerprint density at radius 3 is 2.38 bits per heavy atom. The summed E-state index contributed by atoms with van der Waals surface area (Å²) in [7, 11) is 0. The van der Waals surface area contributed by atoms with E-state index in [2.05, 4.69) is 42.0 Å². The van der Waals surface area contributed by atoms with Crippen molar-refractivity contribution in [1.82, 2.24) is 5.32 Å². The largest absolute Gasteiger partial charge is 0.308 e. The predicted octanol–water partition coefficient (Wildman–Crippen LogP) is 5.63. The van der Waals surface area contributed by atoms with Gasteiger partial charge in [-0.05, 0) is 56.7 Å². The average molecular weight is 368 g/mol. The van der Waals surface area contributed by atoms with Crippen LogP contribution in [0.2, 0.25) is 0 Å². The summed E-state index contributed by atoms with van der Waals surface area (Å²) in [5.41, 5.74) is 0.990. The van der Waals surface area contributed by atoms with Gasteiger partial charge in [-0.2, -0.15) is 0 Å². The third-order valence-electron chi connectivity index (χ3n) is 2.89. The molecule has 2 rings (SSSR count). The first-order valence-corrected chi connectivity index (χ1v) is 8.42. The fourth-order valence-electron chi connectivity index (χ4n) is 1.79. The lowest BCUT2D eigenvalue weighted by Crippen LogP contribution is -2.35. The van der Waals surface area contributed by atoms with Gasteiger partial charge in [0, 0.05) is 21.5 Å². The molecule has 0 heterocycles. The van der Waals surface area contributed by atoms with E-state index in [0.29, 0.717) is 11.4 Å². The lowest BCUT2D eigenvalue weighted by atomic mass is 10.1. The number of rotatable bonds is 4. The molecule has 0 saturated heterocycles. The van der Waals surface area contributed by atoms with Crippen molar-refractivity contribution in [1.29, 1.82) is 0 Å². The predicted molar refractivity (Wildman–Crippen MR) is 91.3 cm³/mol. The Morgan fingerprint density at radius 2 is 1.76 bits per heavy atom. The molecule has 21 heavy (non-hydrogen) atoms. The molecular formula is C17H19BrFNS. The smallest absolute Gasteiger partial charge is 0.137 e. The Hall–Kier alpha value is -0.840. The highest BCUT2D eigenvalue weighted by Crippen LogP contribution is 2.33. The lowest BCUT2D eigenvalue weighted by molar-refractivity contribution is 0.421. The van der Waals surface area contributed by atoms with Gasteiger partial charge in [-0.1, -0.05) is 39.8 Å². The van der Waals surface area contributed by atoms with Crippen LogP contribution in [0.15, 0.2) is 56.7 Å². The van der Waals surface area contributed by atoms with Gasteiger partial charge >= 0.3 is 0 Å². The van der Waals surface area contributed by atoms with E-state index in [1.807, 2.05) is 30.3 Å². The summed E-state index contributed by atoms with van der Waals surface area (Å²) in [6, 6.07) is 13.2. The topological polar surface area (TPSA) is 12.0 Å². The maximum Gasteiger partial charge on any atom is 0.137 e. The van der Waals surface area contributed by atoms with Crippen molar-refractivity contribution in [2.45, 2.75) is 42.6 Å². The highest BCUT2D eigenvalue weighted by atomic mass is 79.9. The minimum atomic E-state index is -0.170. The van der Waals surface area contributed by atoms with Gasteiger partial charge in [-0.25, -0.2) is 4.39 Å². The molecular weight excluding hydrogens is 349 g/mol. The molecule has 0 aromatic heterocycles. The van der Waals surface area contributed by atoms with Gasteiger partial charge in [0.1, 0.15) is 5.82 Å². The Balaban J connectivity index is 2.23. The van der Waals surface area contributed by atoms with Crippen molar-refractivity contribution < 1.29 is 4.39 Å². The molecule has 112 valence electrons. The molecule has 0 unspecified atom stereocenters. The van der Waals surface area contributed by atoms with Crippen LogP contribution in [-0.2, 0) is 6.54 Å². The Morgan fingerprint density at radius 1 is 1.10 bits per heavy atom. The van der Waals surface area contributed by atoms with Gasteiger partial charge in [0.2, 0.25) is 0 Å². The molecule has 4 heteroatoms. The van der Waals surface area contributed by atoms with Crippen molar-refractivity contribution >= 4 is 27.7 Å². The molecule has 0 atom stereocenters. The quantitative estimate of drug-likeness (QED) is 0.751. The molecule has 1 N–H and O–H groups in total. The first-order chi connectivity index (χ1) is 9.85. The van der Waals surface area contributed by atoms with Gasteiger partial charge in [-0.3, -0.25) is 0 Å². The van der Waals surface area contributed by atoms with Crippen molar-refractivity contribution in [3.63, 3.8) is 0 Å². The number of hydrogen-bond donors (Lipinski definition) is 1. The second-order valence-electron chi connectivity index (χ2n) is 5.89. The van der Waals surface area contributed by atoms with Crippen molar-refractivity contribution in [2.75, 3.05) is 0 Å². The van der Waals surface area contributed by atoms with E-state index in [-0.39, 0.29) is 11.4 Å². The maximum atomic E-state index is 14.2. The van der Waals surface area contributed by atoms with E-state index >= 15 is 0 Å². The molecule has 0 radical (unpaired) electrons. The molecule has 0 aliphatic rings. The number of halogens is 2. The fourth-order valence-corrected chi connectivity index (χ4v) is 3.00. The number of benzene rings is 2. The summed E-state index contributed by atoms with van der Waals surface area (Å²) in [5, 5.41) is 3.41. The third kappa shape index (κ3) is 5.13. The molecule has 2 aromatic rings. The SMILES string of the molecule is CC(C)(C)NCc1cccc(F)c1Sc1ccc(Br)cc1. The van der Waals surface area contributed by atoms with Gasteiger partial charge < -0.3 is 5.32 Å². The zero-order valence-corrected chi connectivity index (χ0v) is 14.8. The molecule has 0 aliphatic heterocycles. The molecule has 1 nitrogen and oxygen atoms in total. The van der Waals surface area contributed by atoms with Crippen LogP contribution in [0.1, 0.15) is 26.3 Å². The molecule has 0 amide bonds. The second kappa shape index (κ2) is 6.95. The molecule has 0 bridgehead atoms. The molecule has 0 saturated carbocycles. The van der Waals surface area contributed by atoms with E-state index in [9.17, 15) is 4.39 Å². The molecule has 0 spiro atoms. The van der Waals surface area contributed by atoms with Gasteiger partial charge in [-0.15, -0.1) is 0 Å². The Kier molecular flexibility index (Phi) is 5.47. The molecule has 2 aromatic carbocycles. The van der Waals surface area contributed by atoms with Crippen molar-refractivity contribution in [3.05, 3.63) is 58.3 Å². The fraction of sp³-hybridized carbons (Fsp3) is 0.294. The Bertz CT molecular complexity index is 605. The van der Waals surface area contributed by atoms with Crippen LogP contribution in [0, 0.1) is 5.82 Å². The standard InChI is InChI=1S/C17H19BrFNS/c1-17(2,3)20-11-12-5-4-6-15(19)16(12)21-14-9-7-13(18)8-10-14/h4-10,20H,11H2,1-3H3. The number of nitrogens with one attached hydrogen (secondary N) is 1. The van der Waals surface area contributed by atoms with Crippen LogP contribution >= 0.6 is 27.7 Å². The summed E-state index contributed by atoms with van der Waals surface area (Å²) in [6.45, 7) is 6.97. The lowest BCUT2D eigenvalue weighted by Gasteiger charge is -2.21. The minimum Gasteiger partial charge on any atom is -0.308 e. The normalized spacial score (nSPS) is 11.7. The molecule has 0 fully saturated rings. The van der Waals surface area contributed by atoms with Gasteiger partial charge in [0.05, 0.1) is 4.90 Å². The van der Waals surface area contributed by atoms with E-state index in [1.54, 1.807) is 6.07 Å².